The molecule has 0 unspecified atom stereocenters. The maximum atomic E-state index is 14.5. The van der Waals surface area contributed by atoms with Crippen molar-refractivity contribution < 1.29 is 18.3 Å². The Kier molecular flexibility index (Phi) is 3.33. The zero-order valence-corrected chi connectivity index (χ0v) is 12.2. The van der Waals surface area contributed by atoms with Crippen LogP contribution < -0.4 is 0 Å². The standard InChI is InChI=1S/C14H20F3N3O/c1-9-5-11-10(6-19(9)2)12-14(16,17)4-3-13(15,8-21)7-20(12)18-11/h9,21H,3-8H2,1-2H3/t9-,13-/m1/s1. The molecule has 21 heavy (non-hydrogen) atoms. The molecule has 1 aromatic rings. The molecule has 1 N–H and O–H groups in total. The van der Waals surface area contributed by atoms with Crippen LogP contribution in [0.1, 0.15) is 36.7 Å². The Balaban J connectivity index is 2.10. The fraction of sp³-hybridized carbons (Fsp3) is 0.786. The van der Waals surface area contributed by atoms with Gasteiger partial charge >= 0.3 is 0 Å². The third-order valence-electron chi connectivity index (χ3n) is 4.73. The van der Waals surface area contributed by atoms with E-state index in [0.29, 0.717) is 24.2 Å². The molecule has 0 aromatic carbocycles. The lowest BCUT2D eigenvalue weighted by atomic mass is 9.95. The van der Waals surface area contributed by atoms with Crippen molar-refractivity contribution in [2.75, 3.05) is 13.7 Å². The Morgan fingerprint density at radius 3 is 2.71 bits per heavy atom. The molecule has 3 rings (SSSR count). The Labute approximate surface area is 121 Å². The summed E-state index contributed by atoms with van der Waals surface area (Å²) in [5.41, 5.74) is -1.02. The Hall–Kier alpha value is -1.08. The van der Waals surface area contributed by atoms with Crippen molar-refractivity contribution in [1.82, 2.24) is 14.7 Å². The summed E-state index contributed by atoms with van der Waals surface area (Å²) in [6.07, 6.45) is -0.372. The van der Waals surface area contributed by atoms with Gasteiger partial charge in [-0.25, -0.2) is 4.39 Å². The molecule has 2 aliphatic heterocycles. The number of fused-ring (bicyclic) bond motifs is 3. The van der Waals surface area contributed by atoms with Gasteiger partial charge in [0.05, 0.1) is 18.8 Å². The molecule has 0 saturated heterocycles. The first-order valence-corrected chi connectivity index (χ1v) is 7.23. The average molecular weight is 303 g/mol. The van der Waals surface area contributed by atoms with Crippen LogP contribution in [0.15, 0.2) is 0 Å². The van der Waals surface area contributed by atoms with E-state index in [1.54, 1.807) is 0 Å². The topological polar surface area (TPSA) is 41.3 Å². The van der Waals surface area contributed by atoms with Crippen molar-refractivity contribution in [2.45, 2.75) is 56.9 Å². The number of halogens is 3. The average Bonchev–Trinajstić information content (AvgIpc) is 2.70. The zero-order chi connectivity index (χ0) is 15.4. The largest absolute Gasteiger partial charge is 0.393 e. The third-order valence-corrected chi connectivity index (χ3v) is 4.73. The van der Waals surface area contributed by atoms with E-state index in [1.807, 2.05) is 18.9 Å². The molecule has 0 aliphatic carbocycles. The number of likely N-dealkylation sites (N-methyl/N-ethyl adjacent to an activating group) is 1. The molecule has 3 heterocycles. The van der Waals surface area contributed by atoms with Crippen LogP contribution in [0.5, 0.6) is 0 Å². The summed E-state index contributed by atoms with van der Waals surface area (Å²) < 4.78 is 44.5. The quantitative estimate of drug-likeness (QED) is 0.861. The van der Waals surface area contributed by atoms with Crippen LogP contribution in [0, 0.1) is 0 Å². The second-order valence-corrected chi connectivity index (χ2v) is 6.41. The van der Waals surface area contributed by atoms with Gasteiger partial charge in [-0.1, -0.05) is 0 Å². The number of hydrogen-bond acceptors (Lipinski definition) is 3. The van der Waals surface area contributed by atoms with E-state index in [4.69, 9.17) is 0 Å². The van der Waals surface area contributed by atoms with Crippen LogP contribution in [0.4, 0.5) is 13.2 Å². The van der Waals surface area contributed by atoms with Crippen LogP contribution in [0.25, 0.3) is 0 Å². The Morgan fingerprint density at radius 2 is 2.05 bits per heavy atom. The fourth-order valence-corrected chi connectivity index (χ4v) is 3.22. The summed E-state index contributed by atoms with van der Waals surface area (Å²) >= 11 is 0. The maximum Gasteiger partial charge on any atom is 0.289 e. The normalized spacial score (nSPS) is 32.4. The van der Waals surface area contributed by atoms with Crippen molar-refractivity contribution in [3.63, 3.8) is 0 Å². The van der Waals surface area contributed by atoms with Crippen LogP contribution in [0.2, 0.25) is 0 Å². The highest BCUT2D eigenvalue weighted by atomic mass is 19.3. The highest BCUT2D eigenvalue weighted by Gasteiger charge is 2.47. The van der Waals surface area contributed by atoms with Crippen molar-refractivity contribution in [3.8, 4) is 0 Å². The number of aliphatic hydroxyl groups is 1. The lowest BCUT2D eigenvalue weighted by Crippen LogP contribution is -2.35. The zero-order valence-electron chi connectivity index (χ0n) is 12.2. The van der Waals surface area contributed by atoms with Crippen LogP contribution in [-0.4, -0.2) is 45.2 Å². The minimum absolute atomic E-state index is 0.163. The van der Waals surface area contributed by atoms with E-state index < -0.39 is 24.6 Å². The molecule has 4 nitrogen and oxygen atoms in total. The molecule has 0 bridgehead atoms. The summed E-state index contributed by atoms with van der Waals surface area (Å²) in [4.78, 5) is 2.00. The number of rotatable bonds is 1. The lowest BCUT2D eigenvalue weighted by molar-refractivity contribution is -0.0325. The first-order valence-electron chi connectivity index (χ1n) is 7.23. The van der Waals surface area contributed by atoms with E-state index in [1.165, 1.54) is 0 Å². The molecule has 118 valence electrons. The van der Waals surface area contributed by atoms with Gasteiger partial charge in [-0.2, -0.15) is 13.9 Å². The van der Waals surface area contributed by atoms with Crippen LogP contribution in [-0.2, 0) is 25.4 Å². The molecule has 1 aromatic heterocycles. The van der Waals surface area contributed by atoms with Crippen LogP contribution >= 0.6 is 0 Å². The molecule has 0 spiro atoms. The Bertz CT molecular complexity index is 560. The number of hydrogen-bond donors (Lipinski definition) is 1. The van der Waals surface area contributed by atoms with Gasteiger partial charge in [0.2, 0.25) is 0 Å². The van der Waals surface area contributed by atoms with Gasteiger partial charge in [-0.15, -0.1) is 0 Å². The van der Waals surface area contributed by atoms with E-state index in [0.717, 1.165) is 4.68 Å². The van der Waals surface area contributed by atoms with Crippen molar-refractivity contribution in [3.05, 3.63) is 17.0 Å². The van der Waals surface area contributed by atoms with Gasteiger partial charge < -0.3 is 5.11 Å². The second kappa shape index (κ2) is 4.71. The molecular weight excluding hydrogens is 283 g/mol. The van der Waals surface area contributed by atoms with Gasteiger partial charge in [0, 0.05) is 31.0 Å². The monoisotopic (exact) mass is 303 g/mol. The van der Waals surface area contributed by atoms with Crippen molar-refractivity contribution >= 4 is 0 Å². The van der Waals surface area contributed by atoms with Crippen molar-refractivity contribution in [1.29, 1.82) is 0 Å². The van der Waals surface area contributed by atoms with E-state index in [-0.39, 0.29) is 24.7 Å². The van der Waals surface area contributed by atoms with E-state index in [2.05, 4.69) is 5.10 Å². The summed E-state index contributed by atoms with van der Waals surface area (Å²) in [7, 11) is 1.89. The number of aliphatic hydroxyl groups excluding tert-OH is 1. The third kappa shape index (κ3) is 2.36. The smallest absolute Gasteiger partial charge is 0.289 e. The second-order valence-electron chi connectivity index (χ2n) is 6.41. The molecule has 0 saturated carbocycles. The minimum atomic E-state index is -3.11. The predicted molar refractivity (Wildman–Crippen MR) is 70.9 cm³/mol. The number of nitrogens with zero attached hydrogens (tertiary/aromatic N) is 3. The van der Waals surface area contributed by atoms with Gasteiger partial charge in [0.25, 0.3) is 5.92 Å². The minimum Gasteiger partial charge on any atom is -0.393 e. The molecular formula is C14H20F3N3O. The molecule has 0 fully saturated rings. The van der Waals surface area contributed by atoms with Gasteiger partial charge in [-0.3, -0.25) is 9.58 Å². The molecule has 0 amide bonds. The molecule has 2 aliphatic rings. The fourth-order valence-electron chi connectivity index (χ4n) is 3.22. The van der Waals surface area contributed by atoms with Crippen molar-refractivity contribution in [2.24, 2.45) is 0 Å². The summed E-state index contributed by atoms with van der Waals surface area (Å²) in [6.45, 7) is 1.35. The number of aromatic nitrogens is 2. The maximum absolute atomic E-state index is 14.5. The van der Waals surface area contributed by atoms with Gasteiger partial charge in [0.15, 0.2) is 5.67 Å². The summed E-state index contributed by atoms with van der Waals surface area (Å²) in [6, 6.07) is 0.221. The number of alkyl halides is 3. The van der Waals surface area contributed by atoms with Gasteiger partial charge in [0.1, 0.15) is 5.69 Å². The van der Waals surface area contributed by atoms with Crippen LogP contribution in [0.3, 0.4) is 0 Å². The Morgan fingerprint density at radius 1 is 1.33 bits per heavy atom. The molecule has 2 atom stereocenters. The lowest BCUT2D eigenvalue weighted by Gasteiger charge is -2.30. The molecule has 7 heteroatoms. The summed E-state index contributed by atoms with van der Waals surface area (Å²) in [5.74, 6) is -3.11. The summed E-state index contributed by atoms with van der Waals surface area (Å²) in [5, 5.41) is 13.4. The first kappa shape index (κ1) is 14.8. The SMILES string of the molecule is C[C@@H]1Cc2nn3c(c2CN1C)C(F)(F)CC[C@](F)(CO)C3. The van der Waals surface area contributed by atoms with E-state index in [9.17, 15) is 18.3 Å². The van der Waals surface area contributed by atoms with E-state index >= 15 is 0 Å². The highest BCUT2D eigenvalue weighted by molar-refractivity contribution is 5.33. The van der Waals surface area contributed by atoms with Gasteiger partial charge in [-0.05, 0) is 20.4 Å². The highest BCUT2D eigenvalue weighted by Crippen LogP contribution is 2.43. The molecule has 0 radical (unpaired) electrons. The predicted octanol–water partition coefficient (Wildman–Crippen LogP) is 1.85. The first-order chi connectivity index (χ1) is 9.76.